The van der Waals surface area contributed by atoms with Gasteiger partial charge in [0.2, 0.25) is 11.8 Å². The third kappa shape index (κ3) is 4.14. The average Bonchev–Trinajstić information content (AvgIpc) is 3.14. The van der Waals surface area contributed by atoms with Crippen molar-refractivity contribution in [2.24, 2.45) is 0 Å². The van der Waals surface area contributed by atoms with Crippen molar-refractivity contribution in [3.63, 3.8) is 0 Å². The van der Waals surface area contributed by atoms with E-state index in [0.717, 1.165) is 0 Å². The molecule has 3 aromatic rings. The number of nitrogens with two attached hydrogens (primary N) is 1. The first-order valence-electron chi connectivity index (χ1n) is 11.6. The van der Waals surface area contributed by atoms with E-state index in [4.69, 9.17) is 5.73 Å². The van der Waals surface area contributed by atoms with Crippen LogP contribution < -0.4 is 16.4 Å². The van der Waals surface area contributed by atoms with Gasteiger partial charge in [-0.05, 0) is 25.5 Å². The summed E-state index contributed by atoms with van der Waals surface area (Å²) in [5.41, 5.74) is 7.76. The lowest BCUT2D eigenvalue weighted by atomic mass is 9.95. The van der Waals surface area contributed by atoms with Crippen LogP contribution in [0.1, 0.15) is 35.8 Å². The molecule has 2 aliphatic rings. The van der Waals surface area contributed by atoms with E-state index >= 15 is 0 Å². The first kappa shape index (κ1) is 24.6. The highest BCUT2D eigenvalue weighted by molar-refractivity contribution is 8.01. The minimum absolute atomic E-state index is 0.121. The van der Waals surface area contributed by atoms with E-state index in [1.165, 1.54) is 22.9 Å². The molecular weight excluding hydrogens is 494 g/mol. The second-order valence-electron chi connectivity index (χ2n) is 9.50. The van der Waals surface area contributed by atoms with Crippen molar-refractivity contribution in [2.75, 3.05) is 5.73 Å². The Hall–Kier alpha value is -4.12. The summed E-state index contributed by atoms with van der Waals surface area (Å²) in [7, 11) is 0. The van der Waals surface area contributed by atoms with Crippen LogP contribution in [0.2, 0.25) is 0 Å². The molecule has 190 valence electrons. The molecule has 5 N–H and O–H groups in total. The molecule has 1 aromatic heterocycles. The van der Waals surface area contributed by atoms with E-state index in [0.29, 0.717) is 16.5 Å². The zero-order valence-corrected chi connectivity index (χ0v) is 20.9. The molecule has 5 rings (SSSR count). The van der Waals surface area contributed by atoms with Crippen molar-refractivity contribution in [2.45, 2.75) is 42.1 Å². The third-order valence-corrected chi connectivity index (χ3v) is 8.28. The summed E-state index contributed by atoms with van der Waals surface area (Å²) in [5.74, 6) is -2.75. The highest BCUT2D eigenvalue weighted by atomic mass is 32.2. The number of carbonyl (C=O) groups excluding carboxylic acids is 3. The molecule has 0 saturated carbocycles. The molecule has 3 heterocycles. The summed E-state index contributed by atoms with van der Waals surface area (Å²) in [6, 6.07) is 12.7. The number of benzene rings is 2. The Morgan fingerprint density at radius 3 is 2.49 bits per heavy atom. The molecule has 3 amide bonds. The Kier molecular flexibility index (Phi) is 6.03. The summed E-state index contributed by atoms with van der Waals surface area (Å²) in [5, 5.41) is 15.2. The number of para-hydroxylation sites is 1. The average molecular weight is 520 g/mol. The molecule has 37 heavy (non-hydrogen) atoms. The van der Waals surface area contributed by atoms with Crippen LogP contribution in [0.3, 0.4) is 0 Å². The quantitative estimate of drug-likeness (QED) is 0.360. The highest BCUT2D eigenvalue weighted by Gasteiger charge is 2.64. The Morgan fingerprint density at radius 1 is 1.11 bits per heavy atom. The Labute approximate surface area is 216 Å². The molecule has 0 spiro atoms. The lowest BCUT2D eigenvalue weighted by Crippen LogP contribution is -2.71. The van der Waals surface area contributed by atoms with E-state index in [9.17, 15) is 24.3 Å². The number of amides is 3. The number of β-lactam (4-membered cyclic amide) rings is 1. The van der Waals surface area contributed by atoms with Gasteiger partial charge >= 0.3 is 5.97 Å². The van der Waals surface area contributed by atoms with Gasteiger partial charge in [0.25, 0.3) is 5.91 Å². The van der Waals surface area contributed by atoms with Crippen molar-refractivity contribution < 1.29 is 24.3 Å². The molecule has 4 atom stereocenters. The minimum Gasteiger partial charge on any atom is -0.480 e. The van der Waals surface area contributed by atoms with Crippen LogP contribution in [0.25, 0.3) is 10.9 Å². The van der Waals surface area contributed by atoms with Crippen molar-refractivity contribution in [3.8, 4) is 0 Å². The zero-order valence-electron chi connectivity index (χ0n) is 20.0. The van der Waals surface area contributed by atoms with Crippen LogP contribution in [-0.2, 0) is 14.4 Å². The number of aromatic nitrogens is 1. The monoisotopic (exact) mass is 519 g/mol. The lowest BCUT2D eigenvalue weighted by molar-refractivity contribution is -0.161. The number of nitrogens with zero attached hydrogens (tertiary/aromatic N) is 2. The highest BCUT2D eigenvalue weighted by Crippen LogP contribution is 2.50. The summed E-state index contributed by atoms with van der Waals surface area (Å²) < 4.78 is -0.723. The SMILES string of the molecule is CC1(C)S[C@@H]2[C@H](NC(=O)C(NC(=O)c3cnc4ccccc4c3N)c3ccccc3)C(=O)N2[C@H]1C(=O)O. The number of nitrogens with one attached hydrogen (secondary N) is 2. The molecule has 0 radical (unpaired) electrons. The van der Waals surface area contributed by atoms with Crippen LogP contribution in [-0.4, -0.2) is 60.9 Å². The molecule has 1 unspecified atom stereocenters. The van der Waals surface area contributed by atoms with Crippen molar-refractivity contribution in [1.29, 1.82) is 0 Å². The number of carbonyl (C=O) groups is 4. The molecule has 0 bridgehead atoms. The topological polar surface area (TPSA) is 155 Å². The van der Waals surface area contributed by atoms with Gasteiger partial charge in [-0.3, -0.25) is 19.4 Å². The first-order valence-corrected chi connectivity index (χ1v) is 12.5. The van der Waals surface area contributed by atoms with Gasteiger partial charge in [-0.2, -0.15) is 0 Å². The number of fused-ring (bicyclic) bond motifs is 2. The summed E-state index contributed by atoms with van der Waals surface area (Å²) in [6.45, 7) is 3.52. The number of hydrogen-bond acceptors (Lipinski definition) is 7. The molecule has 0 aliphatic carbocycles. The summed E-state index contributed by atoms with van der Waals surface area (Å²) in [4.78, 5) is 57.0. The maximum Gasteiger partial charge on any atom is 0.327 e. The molecule has 10 nitrogen and oxygen atoms in total. The minimum atomic E-state index is -1.13. The normalized spacial score (nSPS) is 22.6. The first-order chi connectivity index (χ1) is 17.6. The number of thioether (sulfide) groups is 1. The second kappa shape index (κ2) is 9.07. The maximum atomic E-state index is 13.5. The van der Waals surface area contributed by atoms with Gasteiger partial charge in [-0.15, -0.1) is 11.8 Å². The number of aliphatic carboxylic acids is 1. The second-order valence-corrected chi connectivity index (χ2v) is 11.3. The van der Waals surface area contributed by atoms with E-state index < -0.39 is 51.9 Å². The Morgan fingerprint density at radius 2 is 1.78 bits per heavy atom. The molecule has 2 saturated heterocycles. The number of nitrogen functional groups attached to an aromatic ring is 1. The molecule has 2 aliphatic heterocycles. The van der Waals surface area contributed by atoms with Crippen molar-refractivity contribution in [3.05, 3.63) is 71.9 Å². The van der Waals surface area contributed by atoms with Crippen molar-refractivity contribution in [1.82, 2.24) is 20.5 Å². The molecule has 11 heteroatoms. The molecular formula is C26H25N5O5S. The van der Waals surface area contributed by atoms with Crippen LogP contribution in [0, 0.1) is 0 Å². The van der Waals surface area contributed by atoms with Gasteiger partial charge in [0.1, 0.15) is 23.5 Å². The predicted octanol–water partition coefficient (Wildman–Crippen LogP) is 1.92. The number of pyridine rings is 1. The van der Waals surface area contributed by atoms with E-state index in [1.807, 2.05) is 6.07 Å². The number of carboxylic acids is 1. The van der Waals surface area contributed by atoms with Crippen LogP contribution >= 0.6 is 11.8 Å². The Balaban J connectivity index is 1.39. The van der Waals surface area contributed by atoms with E-state index in [-0.39, 0.29) is 11.3 Å². The summed E-state index contributed by atoms with van der Waals surface area (Å²) >= 11 is 1.33. The third-order valence-electron chi connectivity index (χ3n) is 6.70. The number of anilines is 1. The number of hydrogen-bond donors (Lipinski definition) is 4. The lowest BCUT2D eigenvalue weighted by Gasteiger charge is -2.44. The van der Waals surface area contributed by atoms with Gasteiger partial charge in [0.05, 0.1) is 16.8 Å². The van der Waals surface area contributed by atoms with Crippen LogP contribution in [0.15, 0.2) is 60.8 Å². The molecule has 2 aromatic carbocycles. The number of carboxylic acid groups (broad SMARTS) is 1. The fourth-order valence-corrected chi connectivity index (χ4v) is 6.51. The van der Waals surface area contributed by atoms with E-state index in [1.54, 1.807) is 62.4 Å². The fourth-order valence-electron chi connectivity index (χ4n) is 4.88. The van der Waals surface area contributed by atoms with Gasteiger partial charge in [0.15, 0.2) is 0 Å². The van der Waals surface area contributed by atoms with Gasteiger partial charge in [-0.25, -0.2) is 4.79 Å². The van der Waals surface area contributed by atoms with Gasteiger partial charge < -0.3 is 26.4 Å². The number of rotatable bonds is 6. The smallest absolute Gasteiger partial charge is 0.327 e. The van der Waals surface area contributed by atoms with Crippen molar-refractivity contribution >= 4 is 52.0 Å². The maximum absolute atomic E-state index is 13.5. The van der Waals surface area contributed by atoms with Crippen LogP contribution in [0.4, 0.5) is 5.69 Å². The van der Waals surface area contributed by atoms with E-state index in [2.05, 4.69) is 15.6 Å². The summed E-state index contributed by atoms with van der Waals surface area (Å²) in [6.07, 6.45) is 1.36. The van der Waals surface area contributed by atoms with Gasteiger partial charge in [0, 0.05) is 16.3 Å². The van der Waals surface area contributed by atoms with Gasteiger partial charge in [-0.1, -0.05) is 48.5 Å². The predicted molar refractivity (Wildman–Crippen MR) is 138 cm³/mol. The van der Waals surface area contributed by atoms with Crippen LogP contribution in [0.5, 0.6) is 0 Å². The largest absolute Gasteiger partial charge is 0.480 e. The fraction of sp³-hybridized carbons (Fsp3) is 0.269. The zero-order chi connectivity index (χ0) is 26.5. The molecule has 2 fully saturated rings. The standard InChI is InChI=1S/C26H25N5O5S/c1-26(2)20(25(35)36)31-23(34)19(24(31)37-26)30-22(33)18(13-8-4-3-5-9-13)29-21(32)15-12-28-16-11-7-6-10-14(16)17(15)27/h3-12,18-20,24H,1-2H3,(H2,27,28)(H,29,32)(H,30,33)(H,35,36)/t18?,19-,20+,24-/m1/s1. The Bertz CT molecular complexity index is 1430.